The van der Waals surface area contributed by atoms with Gasteiger partial charge in [-0.3, -0.25) is 9.79 Å². The van der Waals surface area contributed by atoms with Gasteiger partial charge in [-0.1, -0.05) is 31.4 Å². The minimum atomic E-state index is -0.291. The van der Waals surface area contributed by atoms with Crippen molar-refractivity contribution >= 4 is 35.8 Å². The molecule has 0 atom stereocenters. The molecule has 1 saturated carbocycles. The van der Waals surface area contributed by atoms with Crippen LogP contribution in [0, 0.1) is 5.82 Å². The quantitative estimate of drug-likeness (QED) is 0.264. The Balaban J connectivity index is 0.00000312. The van der Waals surface area contributed by atoms with E-state index in [9.17, 15) is 9.18 Å². The van der Waals surface area contributed by atoms with Crippen LogP contribution in [0.4, 0.5) is 4.39 Å². The summed E-state index contributed by atoms with van der Waals surface area (Å²) in [7, 11) is 1.76. The van der Waals surface area contributed by atoms with Gasteiger partial charge < -0.3 is 16.0 Å². The maximum Gasteiger partial charge on any atom is 0.224 e. The molecular formula is C18H28FIN4O. The van der Waals surface area contributed by atoms with E-state index in [1.54, 1.807) is 19.2 Å². The molecule has 140 valence electrons. The maximum atomic E-state index is 12.8. The van der Waals surface area contributed by atoms with Crippen LogP contribution in [-0.4, -0.2) is 38.0 Å². The van der Waals surface area contributed by atoms with Gasteiger partial charge in [-0.25, -0.2) is 4.39 Å². The second kappa shape index (κ2) is 12.1. The summed E-state index contributed by atoms with van der Waals surface area (Å²) < 4.78 is 12.8. The molecule has 0 aromatic heterocycles. The molecule has 0 aliphatic heterocycles. The highest BCUT2D eigenvalue weighted by molar-refractivity contribution is 14.0. The number of halogens is 2. The second-order valence-corrected chi connectivity index (χ2v) is 6.13. The van der Waals surface area contributed by atoms with Crippen LogP contribution in [0.2, 0.25) is 0 Å². The Morgan fingerprint density at radius 2 is 1.76 bits per heavy atom. The number of nitrogens with one attached hydrogen (secondary N) is 3. The van der Waals surface area contributed by atoms with E-state index in [4.69, 9.17) is 0 Å². The van der Waals surface area contributed by atoms with Crippen molar-refractivity contribution in [3.05, 3.63) is 35.6 Å². The summed E-state index contributed by atoms with van der Waals surface area (Å²) in [6.07, 6.45) is 6.51. The molecule has 0 unspecified atom stereocenters. The molecular weight excluding hydrogens is 434 g/mol. The number of hydrogen-bond donors (Lipinski definition) is 3. The highest BCUT2D eigenvalue weighted by Gasteiger charge is 2.14. The van der Waals surface area contributed by atoms with Gasteiger partial charge in [0.05, 0.1) is 6.42 Å². The summed E-state index contributed by atoms with van der Waals surface area (Å²) in [6, 6.07) is 6.49. The van der Waals surface area contributed by atoms with Gasteiger partial charge >= 0.3 is 0 Å². The smallest absolute Gasteiger partial charge is 0.224 e. The van der Waals surface area contributed by atoms with Crippen LogP contribution in [0.25, 0.3) is 0 Å². The van der Waals surface area contributed by atoms with E-state index in [0.717, 1.165) is 11.5 Å². The van der Waals surface area contributed by atoms with Crippen LogP contribution < -0.4 is 16.0 Å². The topological polar surface area (TPSA) is 65.5 Å². The fourth-order valence-corrected chi connectivity index (χ4v) is 2.87. The summed E-state index contributed by atoms with van der Waals surface area (Å²) in [5.41, 5.74) is 0.802. The molecule has 2 rings (SSSR count). The number of hydrogen-bond acceptors (Lipinski definition) is 2. The molecule has 0 saturated heterocycles. The van der Waals surface area contributed by atoms with Crippen LogP contribution in [0.5, 0.6) is 0 Å². The third-order valence-corrected chi connectivity index (χ3v) is 4.19. The van der Waals surface area contributed by atoms with Gasteiger partial charge in [0.1, 0.15) is 5.82 Å². The fourth-order valence-electron chi connectivity index (χ4n) is 2.87. The van der Waals surface area contributed by atoms with E-state index in [2.05, 4.69) is 20.9 Å². The molecule has 1 aliphatic carbocycles. The highest BCUT2D eigenvalue weighted by Crippen LogP contribution is 2.17. The fraction of sp³-hybridized carbons (Fsp3) is 0.556. The standard InChI is InChI=1S/C18H27FN4O.HI/c1-20-18(23-16-5-3-2-4-6-16)22-12-11-21-17(24)13-14-7-9-15(19)10-8-14;/h7-10,16H,2-6,11-13H2,1H3,(H,21,24)(H2,20,22,23);1H. The Morgan fingerprint density at radius 1 is 1.12 bits per heavy atom. The first-order chi connectivity index (χ1) is 11.7. The van der Waals surface area contributed by atoms with E-state index in [1.807, 2.05) is 0 Å². The minimum Gasteiger partial charge on any atom is -0.355 e. The lowest BCUT2D eigenvalue weighted by molar-refractivity contribution is -0.120. The van der Waals surface area contributed by atoms with Crippen LogP contribution in [0.1, 0.15) is 37.7 Å². The van der Waals surface area contributed by atoms with Crippen molar-refractivity contribution in [2.75, 3.05) is 20.1 Å². The average Bonchev–Trinajstić information content (AvgIpc) is 2.60. The van der Waals surface area contributed by atoms with Crippen molar-refractivity contribution in [2.24, 2.45) is 4.99 Å². The number of carbonyl (C=O) groups is 1. The normalized spacial score (nSPS) is 15.2. The van der Waals surface area contributed by atoms with Crippen molar-refractivity contribution in [3.8, 4) is 0 Å². The molecule has 0 heterocycles. The van der Waals surface area contributed by atoms with Gasteiger partial charge in [0, 0.05) is 26.2 Å². The zero-order valence-electron chi connectivity index (χ0n) is 14.7. The van der Waals surface area contributed by atoms with Crippen molar-refractivity contribution < 1.29 is 9.18 Å². The first-order valence-electron chi connectivity index (χ1n) is 8.65. The van der Waals surface area contributed by atoms with E-state index in [1.165, 1.54) is 44.2 Å². The molecule has 1 aromatic carbocycles. The third kappa shape index (κ3) is 8.51. The van der Waals surface area contributed by atoms with Crippen LogP contribution in [0.3, 0.4) is 0 Å². The molecule has 5 nitrogen and oxygen atoms in total. The number of benzene rings is 1. The Bertz CT molecular complexity index is 545. The predicted molar refractivity (Wildman–Crippen MR) is 110 cm³/mol. The number of nitrogens with zero attached hydrogens (tertiary/aromatic N) is 1. The number of aliphatic imine (C=N–C) groups is 1. The van der Waals surface area contributed by atoms with Gasteiger partial charge in [-0.15, -0.1) is 24.0 Å². The first kappa shape index (κ1) is 21.7. The summed E-state index contributed by atoms with van der Waals surface area (Å²) in [5.74, 6) is 0.425. The average molecular weight is 462 g/mol. The summed E-state index contributed by atoms with van der Waals surface area (Å²) >= 11 is 0. The lowest BCUT2D eigenvalue weighted by Gasteiger charge is -2.24. The summed E-state index contributed by atoms with van der Waals surface area (Å²) in [6.45, 7) is 1.13. The molecule has 1 fully saturated rings. The molecule has 0 bridgehead atoms. The van der Waals surface area contributed by atoms with Crippen molar-refractivity contribution in [1.29, 1.82) is 0 Å². The van der Waals surface area contributed by atoms with Gasteiger partial charge in [-0.2, -0.15) is 0 Å². The number of rotatable bonds is 6. The second-order valence-electron chi connectivity index (χ2n) is 6.13. The van der Waals surface area contributed by atoms with Gasteiger partial charge in [-0.05, 0) is 30.5 Å². The molecule has 25 heavy (non-hydrogen) atoms. The number of amides is 1. The lowest BCUT2D eigenvalue weighted by atomic mass is 9.96. The number of carbonyl (C=O) groups excluding carboxylic acids is 1. The third-order valence-electron chi connectivity index (χ3n) is 4.19. The summed E-state index contributed by atoms with van der Waals surface area (Å²) in [4.78, 5) is 16.1. The molecule has 1 aliphatic rings. The Kier molecular flexibility index (Phi) is 10.4. The zero-order chi connectivity index (χ0) is 17.2. The largest absolute Gasteiger partial charge is 0.355 e. The van der Waals surface area contributed by atoms with Gasteiger partial charge in [0.25, 0.3) is 0 Å². The van der Waals surface area contributed by atoms with Gasteiger partial charge in [0.2, 0.25) is 5.91 Å². The van der Waals surface area contributed by atoms with E-state index in [0.29, 0.717) is 19.1 Å². The molecule has 0 radical (unpaired) electrons. The van der Waals surface area contributed by atoms with E-state index >= 15 is 0 Å². The van der Waals surface area contributed by atoms with Crippen LogP contribution >= 0.6 is 24.0 Å². The monoisotopic (exact) mass is 462 g/mol. The number of guanidine groups is 1. The molecule has 0 spiro atoms. The highest BCUT2D eigenvalue weighted by atomic mass is 127. The van der Waals surface area contributed by atoms with Crippen LogP contribution in [-0.2, 0) is 11.2 Å². The van der Waals surface area contributed by atoms with Crippen molar-refractivity contribution in [2.45, 2.75) is 44.6 Å². The molecule has 7 heteroatoms. The predicted octanol–water partition coefficient (Wildman–Crippen LogP) is 2.60. The molecule has 3 N–H and O–H groups in total. The molecule has 1 aromatic rings. The maximum absolute atomic E-state index is 12.8. The van der Waals surface area contributed by atoms with Crippen molar-refractivity contribution in [1.82, 2.24) is 16.0 Å². The van der Waals surface area contributed by atoms with Crippen molar-refractivity contribution in [3.63, 3.8) is 0 Å². The van der Waals surface area contributed by atoms with E-state index in [-0.39, 0.29) is 42.1 Å². The first-order valence-corrected chi connectivity index (χ1v) is 8.65. The Hall–Kier alpha value is -1.38. The SMILES string of the molecule is CN=C(NCCNC(=O)Cc1ccc(F)cc1)NC1CCCCC1.I. The molecule has 1 amide bonds. The summed E-state index contributed by atoms with van der Waals surface area (Å²) in [5, 5.41) is 9.50. The Labute approximate surface area is 166 Å². The lowest BCUT2D eigenvalue weighted by Crippen LogP contribution is -2.46. The minimum absolute atomic E-state index is 0. The zero-order valence-corrected chi connectivity index (χ0v) is 17.0. The van der Waals surface area contributed by atoms with Gasteiger partial charge in [0.15, 0.2) is 5.96 Å². The Morgan fingerprint density at radius 3 is 2.40 bits per heavy atom. The van der Waals surface area contributed by atoms with E-state index < -0.39 is 0 Å². The van der Waals surface area contributed by atoms with Crippen LogP contribution in [0.15, 0.2) is 29.3 Å².